The summed E-state index contributed by atoms with van der Waals surface area (Å²) in [4.78, 5) is 22.5. The zero-order valence-corrected chi connectivity index (χ0v) is 14.3. The first kappa shape index (κ1) is 17.1. The van der Waals surface area contributed by atoms with Gasteiger partial charge in [-0.2, -0.15) is 0 Å². The van der Waals surface area contributed by atoms with Crippen LogP contribution in [0.2, 0.25) is 4.34 Å². The molecule has 0 aliphatic carbocycles. The van der Waals surface area contributed by atoms with Crippen molar-refractivity contribution < 1.29 is 18.9 Å². The van der Waals surface area contributed by atoms with Crippen LogP contribution in [-0.4, -0.2) is 21.1 Å². The van der Waals surface area contributed by atoms with Gasteiger partial charge in [0.15, 0.2) is 6.10 Å². The van der Waals surface area contributed by atoms with Crippen LogP contribution in [0.3, 0.4) is 0 Å². The van der Waals surface area contributed by atoms with Crippen molar-refractivity contribution in [1.29, 1.82) is 0 Å². The van der Waals surface area contributed by atoms with E-state index in [0.29, 0.717) is 14.8 Å². The number of aromatic nitrogens is 2. The Bertz CT molecular complexity index is 921. The van der Waals surface area contributed by atoms with Gasteiger partial charge in [0.05, 0.1) is 9.26 Å². The zero-order valence-electron chi connectivity index (χ0n) is 12.7. The molecule has 0 saturated heterocycles. The summed E-state index contributed by atoms with van der Waals surface area (Å²) in [6.45, 7) is 1.60. The normalized spacial score (nSPS) is 11.9. The van der Waals surface area contributed by atoms with Gasteiger partial charge in [-0.1, -0.05) is 11.6 Å². The van der Waals surface area contributed by atoms with Gasteiger partial charge in [-0.25, -0.2) is 4.79 Å². The van der Waals surface area contributed by atoms with Gasteiger partial charge in [0.1, 0.15) is 4.88 Å². The van der Waals surface area contributed by atoms with Crippen LogP contribution < -0.4 is 0 Å². The molecule has 0 aliphatic rings. The third-order valence-electron chi connectivity index (χ3n) is 3.17. The van der Waals surface area contributed by atoms with E-state index in [9.17, 15) is 14.9 Å². The van der Waals surface area contributed by atoms with Gasteiger partial charge >= 0.3 is 5.97 Å². The molecule has 0 amide bonds. The minimum absolute atomic E-state index is 0.0413. The number of ether oxygens (including phenoxy) is 1. The summed E-state index contributed by atoms with van der Waals surface area (Å²) in [5.41, 5.74) is 0.480. The smallest absolute Gasteiger partial charge is 0.349 e. The Balaban J connectivity index is 1.72. The summed E-state index contributed by atoms with van der Waals surface area (Å²) in [7, 11) is 0. The number of hydrogen-bond acceptors (Lipinski definition) is 8. The molecule has 0 fully saturated rings. The van der Waals surface area contributed by atoms with E-state index in [0.717, 1.165) is 11.3 Å². The molecule has 3 aromatic rings. The van der Waals surface area contributed by atoms with Crippen LogP contribution in [0.1, 0.15) is 28.6 Å². The molecule has 0 unspecified atom stereocenters. The minimum Gasteiger partial charge on any atom is -0.448 e. The van der Waals surface area contributed by atoms with Gasteiger partial charge in [0.25, 0.3) is 11.6 Å². The average Bonchev–Trinajstić information content (AvgIpc) is 3.24. The number of nitro groups is 1. The molecule has 0 aliphatic heterocycles. The van der Waals surface area contributed by atoms with Crippen LogP contribution in [0.25, 0.3) is 11.5 Å². The minimum atomic E-state index is -0.757. The fourth-order valence-electron chi connectivity index (χ4n) is 1.93. The van der Waals surface area contributed by atoms with Crippen molar-refractivity contribution in [2.24, 2.45) is 0 Å². The molecule has 0 saturated carbocycles. The molecule has 2 heterocycles. The maximum absolute atomic E-state index is 12.0. The lowest BCUT2D eigenvalue weighted by atomic mass is 10.2. The highest BCUT2D eigenvalue weighted by Crippen LogP contribution is 2.27. The number of halogens is 1. The molecule has 1 aromatic carbocycles. The molecular formula is C15H10ClN3O5S. The van der Waals surface area contributed by atoms with Crippen LogP contribution in [0.4, 0.5) is 5.69 Å². The Labute approximate surface area is 150 Å². The van der Waals surface area contributed by atoms with E-state index in [-0.39, 0.29) is 17.5 Å². The Morgan fingerprint density at radius 1 is 1.28 bits per heavy atom. The second kappa shape index (κ2) is 6.99. The first-order chi connectivity index (χ1) is 11.9. The number of benzene rings is 1. The third kappa shape index (κ3) is 3.83. The highest BCUT2D eigenvalue weighted by molar-refractivity contribution is 7.17. The van der Waals surface area contributed by atoms with E-state index >= 15 is 0 Å². The summed E-state index contributed by atoms with van der Waals surface area (Å²) in [6.07, 6.45) is -0.757. The lowest BCUT2D eigenvalue weighted by Gasteiger charge is -2.07. The van der Waals surface area contributed by atoms with Crippen molar-refractivity contribution in [1.82, 2.24) is 10.2 Å². The monoisotopic (exact) mass is 379 g/mol. The van der Waals surface area contributed by atoms with Crippen molar-refractivity contribution in [2.45, 2.75) is 13.0 Å². The third-order valence-corrected chi connectivity index (χ3v) is 4.38. The summed E-state index contributed by atoms with van der Waals surface area (Å²) in [6, 6.07) is 8.84. The number of rotatable bonds is 5. The Morgan fingerprint density at radius 2 is 2.00 bits per heavy atom. The van der Waals surface area contributed by atoms with Crippen LogP contribution in [0, 0.1) is 10.1 Å². The summed E-state index contributed by atoms with van der Waals surface area (Å²) in [5.74, 6) is -0.254. The highest BCUT2D eigenvalue weighted by Gasteiger charge is 2.21. The predicted octanol–water partition coefficient (Wildman–Crippen LogP) is 4.28. The molecule has 25 heavy (non-hydrogen) atoms. The SMILES string of the molecule is C[C@@H](OC(=O)c1ccc(Cl)s1)c1nnc(-c2ccc([N+](=O)[O-])cc2)o1. The fraction of sp³-hybridized carbons (Fsp3) is 0.133. The molecule has 8 nitrogen and oxygen atoms in total. The fourth-order valence-corrected chi connectivity index (χ4v) is 2.86. The molecule has 0 radical (unpaired) electrons. The maximum Gasteiger partial charge on any atom is 0.349 e. The molecule has 2 aromatic heterocycles. The number of nitro benzene ring substituents is 1. The van der Waals surface area contributed by atoms with E-state index < -0.39 is 17.0 Å². The van der Waals surface area contributed by atoms with E-state index in [1.165, 1.54) is 24.3 Å². The molecular weight excluding hydrogens is 370 g/mol. The molecule has 0 spiro atoms. The second-order valence-electron chi connectivity index (χ2n) is 4.90. The van der Waals surface area contributed by atoms with Crippen molar-refractivity contribution >= 4 is 34.6 Å². The van der Waals surface area contributed by atoms with Crippen molar-refractivity contribution in [2.75, 3.05) is 0 Å². The lowest BCUT2D eigenvalue weighted by molar-refractivity contribution is -0.384. The Kier molecular flexibility index (Phi) is 4.77. The summed E-state index contributed by atoms with van der Waals surface area (Å²) >= 11 is 6.90. The standard InChI is InChI=1S/C15H10ClN3O5S/c1-8(23-15(20)11-6-7-12(16)25-11)13-17-18-14(24-13)9-2-4-10(5-3-9)19(21)22/h2-8H,1H3/t8-/m1/s1. The zero-order chi connectivity index (χ0) is 18.0. The average molecular weight is 380 g/mol. The van der Waals surface area contributed by atoms with Gasteiger partial charge in [0.2, 0.25) is 5.89 Å². The van der Waals surface area contributed by atoms with E-state index in [1.807, 2.05) is 0 Å². The van der Waals surface area contributed by atoms with Crippen molar-refractivity contribution in [3.05, 3.63) is 61.6 Å². The molecule has 10 heteroatoms. The number of carbonyl (C=O) groups is 1. The lowest BCUT2D eigenvalue weighted by Crippen LogP contribution is -2.08. The number of nitrogens with zero attached hydrogens (tertiary/aromatic N) is 3. The van der Waals surface area contributed by atoms with E-state index in [1.54, 1.807) is 19.1 Å². The second-order valence-corrected chi connectivity index (χ2v) is 6.62. The topological polar surface area (TPSA) is 108 Å². The van der Waals surface area contributed by atoms with Crippen molar-refractivity contribution in [3.63, 3.8) is 0 Å². The summed E-state index contributed by atoms with van der Waals surface area (Å²) < 4.78 is 11.2. The Hall–Kier alpha value is -2.78. The number of non-ortho nitro benzene ring substituents is 1. The molecule has 128 valence electrons. The highest BCUT2D eigenvalue weighted by atomic mass is 35.5. The van der Waals surface area contributed by atoms with E-state index in [2.05, 4.69) is 10.2 Å². The van der Waals surface area contributed by atoms with Crippen LogP contribution in [0.15, 0.2) is 40.8 Å². The number of esters is 1. The number of carbonyl (C=O) groups excluding carboxylic acids is 1. The van der Waals surface area contributed by atoms with Crippen LogP contribution in [-0.2, 0) is 4.74 Å². The molecule has 0 N–H and O–H groups in total. The van der Waals surface area contributed by atoms with Gasteiger partial charge in [-0.05, 0) is 31.2 Å². The Morgan fingerprint density at radius 3 is 2.60 bits per heavy atom. The number of hydrogen-bond donors (Lipinski definition) is 0. The largest absolute Gasteiger partial charge is 0.448 e. The van der Waals surface area contributed by atoms with E-state index in [4.69, 9.17) is 20.8 Å². The van der Waals surface area contributed by atoms with Gasteiger partial charge < -0.3 is 9.15 Å². The van der Waals surface area contributed by atoms with Gasteiger partial charge in [-0.3, -0.25) is 10.1 Å². The van der Waals surface area contributed by atoms with Crippen LogP contribution >= 0.6 is 22.9 Å². The predicted molar refractivity (Wildman–Crippen MR) is 89.5 cm³/mol. The quantitative estimate of drug-likeness (QED) is 0.369. The maximum atomic E-state index is 12.0. The molecule has 0 bridgehead atoms. The summed E-state index contributed by atoms with van der Waals surface area (Å²) in [5, 5.41) is 18.4. The van der Waals surface area contributed by atoms with Crippen LogP contribution in [0.5, 0.6) is 0 Å². The first-order valence-corrected chi connectivity index (χ1v) is 8.18. The number of thiophene rings is 1. The van der Waals surface area contributed by atoms with Gasteiger partial charge in [0, 0.05) is 17.7 Å². The molecule has 1 atom stereocenters. The van der Waals surface area contributed by atoms with Gasteiger partial charge in [-0.15, -0.1) is 21.5 Å². The molecule has 3 rings (SSSR count). The van der Waals surface area contributed by atoms with Crippen molar-refractivity contribution in [3.8, 4) is 11.5 Å². The first-order valence-electron chi connectivity index (χ1n) is 6.98.